The molecule has 0 aliphatic rings. The topological polar surface area (TPSA) is 24.9 Å². The zero-order valence-electron chi connectivity index (χ0n) is 11.7. The third-order valence-corrected chi connectivity index (χ3v) is 3.85. The standard InChI is InChI=1S/C16H17BrClFN2/c1-2-5-21-16(7-11-6-12(17)10-20-9-11)14-4-3-13(18)8-15(14)19/h3-4,6,8-10,16,21H,2,5,7H2,1H3. The predicted octanol–water partition coefficient (Wildman–Crippen LogP) is 4.92. The van der Waals surface area contributed by atoms with Crippen LogP contribution in [0.15, 0.2) is 41.1 Å². The second kappa shape index (κ2) is 7.87. The number of nitrogens with one attached hydrogen (secondary N) is 1. The molecule has 0 fully saturated rings. The van der Waals surface area contributed by atoms with Gasteiger partial charge in [-0.15, -0.1) is 0 Å². The summed E-state index contributed by atoms with van der Waals surface area (Å²) in [7, 11) is 0. The van der Waals surface area contributed by atoms with Gasteiger partial charge < -0.3 is 5.32 Å². The molecule has 0 bridgehead atoms. The van der Waals surface area contributed by atoms with E-state index in [-0.39, 0.29) is 11.9 Å². The zero-order valence-corrected chi connectivity index (χ0v) is 14.1. The Balaban J connectivity index is 2.25. The third-order valence-electron chi connectivity index (χ3n) is 3.18. The number of hydrogen-bond acceptors (Lipinski definition) is 2. The van der Waals surface area contributed by atoms with E-state index in [0.717, 1.165) is 23.0 Å². The highest BCUT2D eigenvalue weighted by molar-refractivity contribution is 9.10. The molecular weight excluding hydrogens is 355 g/mol. The first kappa shape index (κ1) is 16.4. The molecule has 1 heterocycles. The van der Waals surface area contributed by atoms with E-state index in [4.69, 9.17) is 11.6 Å². The smallest absolute Gasteiger partial charge is 0.129 e. The van der Waals surface area contributed by atoms with E-state index in [0.29, 0.717) is 17.0 Å². The summed E-state index contributed by atoms with van der Waals surface area (Å²) in [6, 6.07) is 6.73. The summed E-state index contributed by atoms with van der Waals surface area (Å²) in [5.41, 5.74) is 1.68. The number of nitrogens with zero attached hydrogens (tertiary/aromatic N) is 1. The Hall–Kier alpha value is -0.970. The molecule has 21 heavy (non-hydrogen) atoms. The maximum absolute atomic E-state index is 14.2. The van der Waals surface area contributed by atoms with Crippen molar-refractivity contribution in [1.29, 1.82) is 0 Å². The van der Waals surface area contributed by atoms with Crippen molar-refractivity contribution in [3.8, 4) is 0 Å². The van der Waals surface area contributed by atoms with E-state index in [1.807, 2.05) is 6.07 Å². The minimum Gasteiger partial charge on any atom is -0.310 e. The molecular formula is C16H17BrClFN2. The Morgan fingerprint density at radius 3 is 2.81 bits per heavy atom. The van der Waals surface area contributed by atoms with Crippen molar-refractivity contribution < 1.29 is 4.39 Å². The van der Waals surface area contributed by atoms with Gasteiger partial charge in [-0.05, 0) is 59.1 Å². The fourth-order valence-electron chi connectivity index (χ4n) is 2.20. The summed E-state index contributed by atoms with van der Waals surface area (Å²) in [6.07, 6.45) is 5.20. The number of aromatic nitrogens is 1. The highest BCUT2D eigenvalue weighted by atomic mass is 79.9. The van der Waals surface area contributed by atoms with E-state index in [1.165, 1.54) is 6.07 Å². The summed E-state index contributed by atoms with van der Waals surface area (Å²) >= 11 is 9.24. The van der Waals surface area contributed by atoms with Crippen molar-refractivity contribution >= 4 is 27.5 Å². The lowest BCUT2D eigenvalue weighted by Gasteiger charge is -2.20. The molecule has 5 heteroatoms. The number of rotatable bonds is 6. The van der Waals surface area contributed by atoms with Crippen LogP contribution in [0.3, 0.4) is 0 Å². The molecule has 0 spiro atoms. The lowest BCUT2D eigenvalue weighted by Crippen LogP contribution is -2.25. The molecule has 0 aliphatic carbocycles. The van der Waals surface area contributed by atoms with Gasteiger partial charge >= 0.3 is 0 Å². The molecule has 0 saturated heterocycles. The summed E-state index contributed by atoms with van der Waals surface area (Å²) in [5, 5.41) is 3.80. The molecule has 2 nitrogen and oxygen atoms in total. The van der Waals surface area contributed by atoms with Crippen molar-refractivity contribution in [1.82, 2.24) is 10.3 Å². The van der Waals surface area contributed by atoms with Gasteiger partial charge in [0.1, 0.15) is 5.82 Å². The molecule has 1 unspecified atom stereocenters. The maximum atomic E-state index is 14.2. The van der Waals surface area contributed by atoms with Crippen molar-refractivity contribution in [3.05, 3.63) is 63.1 Å². The lowest BCUT2D eigenvalue weighted by molar-refractivity contribution is 0.496. The zero-order chi connectivity index (χ0) is 15.2. The Labute approximate surface area is 137 Å². The Kier molecular flexibility index (Phi) is 6.15. The summed E-state index contributed by atoms with van der Waals surface area (Å²) in [5.74, 6) is -0.279. The quantitative estimate of drug-likeness (QED) is 0.779. The molecule has 0 amide bonds. The van der Waals surface area contributed by atoms with Gasteiger partial charge in [0.2, 0.25) is 0 Å². The van der Waals surface area contributed by atoms with Crippen molar-refractivity contribution in [2.45, 2.75) is 25.8 Å². The van der Waals surface area contributed by atoms with Crippen LogP contribution in [0, 0.1) is 5.82 Å². The van der Waals surface area contributed by atoms with Crippen LogP contribution in [0.1, 0.15) is 30.5 Å². The molecule has 1 aromatic heterocycles. The minimum absolute atomic E-state index is 0.0988. The molecule has 1 N–H and O–H groups in total. The lowest BCUT2D eigenvalue weighted by atomic mass is 9.99. The second-order valence-corrected chi connectivity index (χ2v) is 6.24. The Morgan fingerprint density at radius 1 is 1.33 bits per heavy atom. The van der Waals surface area contributed by atoms with Crippen LogP contribution in [0.25, 0.3) is 0 Å². The second-order valence-electron chi connectivity index (χ2n) is 4.89. The summed E-state index contributed by atoms with van der Waals surface area (Å²) < 4.78 is 15.1. The fourth-order valence-corrected chi connectivity index (χ4v) is 2.77. The Bertz CT molecular complexity index is 607. The first-order chi connectivity index (χ1) is 10.1. The Morgan fingerprint density at radius 2 is 2.14 bits per heavy atom. The maximum Gasteiger partial charge on any atom is 0.129 e. The molecule has 2 aromatic rings. The van der Waals surface area contributed by atoms with Crippen LogP contribution in [-0.4, -0.2) is 11.5 Å². The van der Waals surface area contributed by atoms with Gasteiger partial charge in [-0.25, -0.2) is 4.39 Å². The minimum atomic E-state index is -0.279. The summed E-state index contributed by atoms with van der Waals surface area (Å²) in [4.78, 5) is 4.16. The molecule has 0 radical (unpaired) electrons. The molecule has 112 valence electrons. The molecule has 1 aromatic carbocycles. The van der Waals surface area contributed by atoms with E-state index >= 15 is 0 Å². The van der Waals surface area contributed by atoms with Crippen LogP contribution in [0.2, 0.25) is 5.02 Å². The van der Waals surface area contributed by atoms with Gasteiger partial charge in [-0.2, -0.15) is 0 Å². The predicted molar refractivity (Wildman–Crippen MR) is 88.1 cm³/mol. The SMILES string of the molecule is CCCNC(Cc1cncc(Br)c1)c1ccc(Cl)cc1F. The number of benzene rings is 1. The van der Waals surface area contributed by atoms with Crippen LogP contribution < -0.4 is 5.32 Å². The molecule has 2 rings (SSSR count). The number of pyridine rings is 1. The highest BCUT2D eigenvalue weighted by Gasteiger charge is 2.16. The van der Waals surface area contributed by atoms with E-state index in [2.05, 4.69) is 33.2 Å². The molecule has 1 atom stereocenters. The van der Waals surface area contributed by atoms with Crippen molar-refractivity contribution in [2.75, 3.05) is 6.54 Å². The number of halogens is 3. The van der Waals surface area contributed by atoms with Gasteiger partial charge in [-0.3, -0.25) is 4.98 Å². The van der Waals surface area contributed by atoms with Crippen molar-refractivity contribution in [2.24, 2.45) is 0 Å². The first-order valence-corrected chi connectivity index (χ1v) is 8.05. The van der Waals surface area contributed by atoms with E-state index in [9.17, 15) is 4.39 Å². The number of hydrogen-bond donors (Lipinski definition) is 1. The van der Waals surface area contributed by atoms with Crippen LogP contribution in [-0.2, 0) is 6.42 Å². The normalized spacial score (nSPS) is 12.4. The fraction of sp³-hybridized carbons (Fsp3) is 0.312. The van der Waals surface area contributed by atoms with Gasteiger partial charge in [-0.1, -0.05) is 24.6 Å². The van der Waals surface area contributed by atoms with Crippen LogP contribution in [0.4, 0.5) is 4.39 Å². The van der Waals surface area contributed by atoms with E-state index in [1.54, 1.807) is 24.5 Å². The molecule has 0 aliphatic heterocycles. The largest absolute Gasteiger partial charge is 0.310 e. The molecule has 0 saturated carbocycles. The first-order valence-electron chi connectivity index (χ1n) is 6.88. The van der Waals surface area contributed by atoms with Gasteiger partial charge in [0.05, 0.1) is 0 Å². The van der Waals surface area contributed by atoms with Crippen LogP contribution >= 0.6 is 27.5 Å². The average molecular weight is 372 g/mol. The van der Waals surface area contributed by atoms with E-state index < -0.39 is 0 Å². The van der Waals surface area contributed by atoms with Crippen molar-refractivity contribution in [3.63, 3.8) is 0 Å². The van der Waals surface area contributed by atoms with Gasteiger partial charge in [0.25, 0.3) is 0 Å². The highest BCUT2D eigenvalue weighted by Crippen LogP contribution is 2.24. The average Bonchev–Trinajstić information content (AvgIpc) is 2.44. The third kappa shape index (κ3) is 4.77. The summed E-state index contributed by atoms with van der Waals surface area (Å²) in [6.45, 7) is 2.91. The van der Waals surface area contributed by atoms with Gasteiger partial charge in [0.15, 0.2) is 0 Å². The van der Waals surface area contributed by atoms with Gasteiger partial charge in [0, 0.05) is 33.5 Å². The van der Waals surface area contributed by atoms with Crippen LogP contribution in [0.5, 0.6) is 0 Å². The monoisotopic (exact) mass is 370 g/mol.